The lowest BCUT2D eigenvalue weighted by molar-refractivity contribution is 0.0664. The predicted molar refractivity (Wildman–Crippen MR) is 85.0 cm³/mol. The minimum atomic E-state index is -0.175. The molecule has 4 rings (SSSR count). The van der Waals surface area contributed by atoms with E-state index in [1.165, 1.54) is 0 Å². The number of carbonyl (C=O) groups excluding carboxylic acids is 1. The van der Waals surface area contributed by atoms with Crippen molar-refractivity contribution in [2.24, 2.45) is 0 Å². The molecule has 22 heavy (non-hydrogen) atoms. The molecule has 1 heterocycles. The van der Waals surface area contributed by atoms with Crippen LogP contribution >= 0.6 is 0 Å². The Balaban J connectivity index is 1.82. The van der Waals surface area contributed by atoms with Crippen LogP contribution in [0.5, 0.6) is 5.75 Å². The summed E-state index contributed by atoms with van der Waals surface area (Å²) < 4.78 is 5.49. The molecule has 2 aliphatic rings. The van der Waals surface area contributed by atoms with E-state index in [4.69, 9.17) is 4.74 Å². The zero-order chi connectivity index (χ0) is 15.1. The third kappa shape index (κ3) is 2.03. The normalized spacial score (nSPS) is 20.3. The monoisotopic (exact) mass is 294 g/mol. The largest absolute Gasteiger partial charge is 0.496 e. The van der Waals surface area contributed by atoms with Crippen molar-refractivity contribution < 1.29 is 9.53 Å². The second-order valence-corrected chi connectivity index (χ2v) is 5.78. The third-order valence-electron chi connectivity index (χ3n) is 4.34. The van der Waals surface area contributed by atoms with Gasteiger partial charge in [-0.05, 0) is 31.0 Å². The van der Waals surface area contributed by atoms with Gasteiger partial charge in [0, 0.05) is 17.3 Å². The third-order valence-corrected chi connectivity index (χ3v) is 4.34. The van der Waals surface area contributed by atoms with Crippen molar-refractivity contribution in [2.45, 2.75) is 25.0 Å². The van der Waals surface area contributed by atoms with Gasteiger partial charge in [-0.3, -0.25) is 4.79 Å². The molecule has 4 nitrogen and oxygen atoms in total. The minimum absolute atomic E-state index is 0.104. The highest BCUT2D eigenvalue weighted by Crippen LogP contribution is 2.42. The minimum Gasteiger partial charge on any atom is -0.496 e. The lowest BCUT2D eigenvalue weighted by Gasteiger charge is -2.38. The molecular formula is C18H18N2O2. The molecule has 1 saturated carbocycles. The van der Waals surface area contributed by atoms with Gasteiger partial charge in [0.15, 0.2) is 0 Å². The second kappa shape index (κ2) is 5.05. The van der Waals surface area contributed by atoms with Gasteiger partial charge in [0.25, 0.3) is 5.91 Å². The second-order valence-electron chi connectivity index (χ2n) is 5.78. The molecule has 112 valence electrons. The number of ether oxygens (including phenoxy) is 1. The average Bonchev–Trinajstić information content (AvgIpc) is 3.39. The highest BCUT2D eigenvalue weighted by atomic mass is 16.5. The van der Waals surface area contributed by atoms with Crippen LogP contribution in [0.15, 0.2) is 48.5 Å². The number of fused-ring (bicyclic) bond motifs is 1. The van der Waals surface area contributed by atoms with Gasteiger partial charge in [-0.2, -0.15) is 0 Å². The summed E-state index contributed by atoms with van der Waals surface area (Å²) in [6.45, 7) is 0. The molecule has 0 radical (unpaired) electrons. The molecule has 1 aliphatic heterocycles. The topological polar surface area (TPSA) is 41.6 Å². The summed E-state index contributed by atoms with van der Waals surface area (Å²) in [6, 6.07) is 15.9. The van der Waals surface area contributed by atoms with Gasteiger partial charge in [-0.25, -0.2) is 0 Å². The molecule has 1 aliphatic carbocycles. The van der Waals surface area contributed by atoms with Crippen LogP contribution < -0.4 is 10.1 Å². The first-order chi connectivity index (χ1) is 10.8. The maximum absolute atomic E-state index is 12.9. The number of para-hydroxylation sites is 2. The molecule has 0 bridgehead atoms. The van der Waals surface area contributed by atoms with E-state index >= 15 is 0 Å². The van der Waals surface area contributed by atoms with Crippen LogP contribution in [0, 0.1) is 0 Å². The van der Waals surface area contributed by atoms with Crippen LogP contribution in [-0.2, 0) is 0 Å². The number of hydrogen-bond acceptors (Lipinski definition) is 3. The quantitative estimate of drug-likeness (QED) is 0.943. The van der Waals surface area contributed by atoms with Crippen LogP contribution in [0.4, 0.5) is 5.69 Å². The molecule has 1 amide bonds. The summed E-state index contributed by atoms with van der Waals surface area (Å²) >= 11 is 0. The van der Waals surface area contributed by atoms with Crippen molar-refractivity contribution in [3.8, 4) is 5.75 Å². The molecule has 1 N–H and O–H groups in total. The van der Waals surface area contributed by atoms with Crippen molar-refractivity contribution in [3.05, 3.63) is 59.7 Å². The summed E-state index contributed by atoms with van der Waals surface area (Å²) in [5.74, 6) is 0.908. The molecule has 1 fully saturated rings. The van der Waals surface area contributed by atoms with E-state index in [9.17, 15) is 4.79 Å². The van der Waals surface area contributed by atoms with Crippen molar-refractivity contribution in [3.63, 3.8) is 0 Å². The van der Waals surface area contributed by atoms with Crippen molar-refractivity contribution in [2.75, 3.05) is 12.4 Å². The maximum Gasteiger partial charge on any atom is 0.258 e. The van der Waals surface area contributed by atoms with E-state index in [-0.39, 0.29) is 12.1 Å². The molecule has 0 spiro atoms. The van der Waals surface area contributed by atoms with E-state index in [0.717, 1.165) is 35.4 Å². The van der Waals surface area contributed by atoms with E-state index in [1.807, 2.05) is 53.4 Å². The number of hydrogen-bond donors (Lipinski definition) is 1. The van der Waals surface area contributed by atoms with Gasteiger partial charge < -0.3 is 15.0 Å². The van der Waals surface area contributed by atoms with Gasteiger partial charge in [-0.15, -0.1) is 0 Å². The first-order valence-electron chi connectivity index (χ1n) is 7.61. The lowest BCUT2D eigenvalue weighted by Crippen LogP contribution is -2.44. The predicted octanol–water partition coefficient (Wildman–Crippen LogP) is 3.42. The molecule has 0 saturated heterocycles. The number of benzene rings is 2. The number of amides is 1. The summed E-state index contributed by atoms with van der Waals surface area (Å²) in [7, 11) is 1.67. The molecular weight excluding hydrogens is 276 g/mol. The zero-order valence-electron chi connectivity index (χ0n) is 12.5. The summed E-state index contributed by atoms with van der Waals surface area (Å²) in [4.78, 5) is 14.9. The molecule has 0 unspecified atom stereocenters. The zero-order valence-corrected chi connectivity index (χ0v) is 12.5. The van der Waals surface area contributed by atoms with Crippen LogP contribution in [0.3, 0.4) is 0 Å². The fourth-order valence-electron chi connectivity index (χ4n) is 3.12. The van der Waals surface area contributed by atoms with E-state index in [2.05, 4.69) is 5.32 Å². The highest BCUT2D eigenvalue weighted by molar-refractivity contribution is 6.02. The first-order valence-corrected chi connectivity index (χ1v) is 7.61. The Morgan fingerprint density at radius 1 is 1.09 bits per heavy atom. The Kier molecular flexibility index (Phi) is 3.03. The number of nitrogens with one attached hydrogen (secondary N) is 1. The van der Waals surface area contributed by atoms with Crippen LogP contribution in [0.25, 0.3) is 0 Å². The Labute approximate surface area is 129 Å². The van der Waals surface area contributed by atoms with Crippen LogP contribution in [0.2, 0.25) is 0 Å². The SMILES string of the molecule is COc1ccccc1[C@@H]1Nc2ccccc2C(=O)N1C1CC1. The fraction of sp³-hybridized carbons (Fsp3) is 0.278. The molecule has 2 aromatic carbocycles. The Hall–Kier alpha value is -2.49. The number of carbonyl (C=O) groups is 1. The molecule has 4 heteroatoms. The molecule has 2 aromatic rings. The summed E-state index contributed by atoms with van der Waals surface area (Å²) in [5.41, 5.74) is 2.64. The van der Waals surface area contributed by atoms with Crippen molar-refractivity contribution in [1.29, 1.82) is 0 Å². The number of nitrogens with zero attached hydrogens (tertiary/aromatic N) is 1. The number of methoxy groups -OCH3 is 1. The smallest absolute Gasteiger partial charge is 0.258 e. The summed E-state index contributed by atoms with van der Waals surface area (Å²) in [6.07, 6.45) is 1.97. The fourth-order valence-corrected chi connectivity index (χ4v) is 3.12. The van der Waals surface area contributed by atoms with E-state index < -0.39 is 0 Å². The Morgan fingerprint density at radius 3 is 2.59 bits per heavy atom. The van der Waals surface area contributed by atoms with Gasteiger partial charge in [-0.1, -0.05) is 30.3 Å². The highest BCUT2D eigenvalue weighted by Gasteiger charge is 2.42. The number of anilines is 1. The van der Waals surface area contributed by atoms with Gasteiger partial charge >= 0.3 is 0 Å². The standard InChI is InChI=1S/C18H18N2O2/c1-22-16-9-5-3-7-14(16)17-19-15-8-4-2-6-13(15)18(21)20(17)12-10-11-12/h2-9,12,17,19H,10-11H2,1H3/t17-/m1/s1. The van der Waals surface area contributed by atoms with E-state index in [1.54, 1.807) is 7.11 Å². The first kappa shape index (κ1) is 13.2. The van der Waals surface area contributed by atoms with Gasteiger partial charge in [0.2, 0.25) is 0 Å². The Morgan fingerprint density at radius 2 is 1.82 bits per heavy atom. The van der Waals surface area contributed by atoms with E-state index in [0.29, 0.717) is 6.04 Å². The van der Waals surface area contributed by atoms with Gasteiger partial charge in [0.05, 0.1) is 12.7 Å². The van der Waals surface area contributed by atoms with Crippen LogP contribution in [-0.4, -0.2) is 24.0 Å². The molecule has 0 aromatic heterocycles. The average molecular weight is 294 g/mol. The lowest BCUT2D eigenvalue weighted by atomic mass is 10.0. The number of rotatable bonds is 3. The Bertz CT molecular complexity index is 725. The van der Waals surface area contributed by atoms with Gasteiger partial charge in [0.1, 0.15) is 11.9 Å². The summed E-state index contributed by atoms with van der Waals surface area (Å²) in [5, 5.41) is 3.51. The maximum atomic E-state index is 12.9. The van der Waals surface area contributed by atoms with Crippen molar-refractivity contribution in [1.82, 2.24) is 4.90 Å². The van der Waals surface area contributed by atoms with Crippen LogP contribution in [0.1, 0.15) is 34.9 Å². The van der Waals surface area contributed by atoms with Crippen molar-refractivity contribution >= 4 is 11.6 Å². The molecule has 1 atom stereocenters.